The average Bonchev–Trinajstić information content (AvgIpc) is 2.67. The number of amides is 4. The van der Waals surface area contributed by atoms with Crippen molar-refractivity contribution in [3.8, 4) is 5.75 Å². The molecule has 0 unspecified atom stereocenters. The molecule has 4 amide bonds. The second kappa shape index (κ2) is 12.7. The number of carbonyl (C=O) groups is 4. The van der Waals surface area contributed by atoms with Crippen molar-refractivity contribution < 1.29 is 42.9 Å². The molecule has 0 saturated heterocycles. The molecule has 0 spiro atoms. The molecule has 0 fully saturated rings. The largest absolute Gasteiger partial charge is 0.486 e. The van der Waals surface area contributed by atoms with Crippen LogP contribution in [0.1, 0.15) is 88.8 Å². The highest BCUT2D eigenvalue weighted by atomic mass is 16.6. The lowest BCUT2D eigenvalue weighted by atomic mass is 10.2. The van der Waals surface area contributed by atoms with E-state index < -0.39 is 46.8 Å². The fourth-order valence-electron chi connectivity index (χ4n) is 2.77. The van der Waals surface area contributed by atoms with Crippen LogP contribution in [0.5, 0.6) is 5.75 Å². The summed E-state index contributed by atoms with van der Waals surface area (Å²) < 4.78 is 27.4. The monoisotopic (exact) mass is 568 g/mol. The minimum atomic E-state index is -1.05. The predicted molar refractivity (Wildman–Crippen MR) is 146 cm³/mol. The number of anilines is 1. The minimum absolute atomic E-state index is 0.0625. The molecule has 0 bridgehead atoms. The van der Waals surface area contributed by atoms with E-state index in [1.807, 2.05) is 0 Å². The fourth-order valence-corrected chi connectivity index (χ4v) is 2.77. The van der Waals surface area contributed by atoms with Gasteiger partial charge in [-0.25, -0.2) is 34.0 Å². The van der Waals surface area contributed by atoms with E-state index in [1.54, 1.807) is 90.0 Å². The van der Waals surface area contributed by atoms with Crippen LogP contribution in [-0.2, 0) is 18.9 Å². The zero-order chi connectivity index (χ0) is 31.3. The molecule has 0 saturated carbocycles. The van der Waals surface area contributed by atoms with Crippen LogP contribution in [0.3, 0.4) is 0 Å². The van der Waals surface area contributed by atoms with Gasteiger partial charge in [-0.1, -0.05) is 0 Å². The van der Waals surface area contributed by atoms with E-state index in [0.717, 1.165) is 11.2 Å². The fraction of sp³-hybridized carbons (Fsp3) is 0.704. The number of carbonyl (C=O) groups excluding carboxylic acids is 4. The minimum Gasteiger partial charge on any atom is -0.486 e. The first kappa shape index (κ1) is 34.4. The number of imide groups is 2. The third-order valence-electron chi connectivity index (χ3n) is 4.12. The van der Waals surface area contributed by atoms with Gasteiger partial charge >= 0.3 is 24.4 Å². The SMILES string of the molecule is Cc1ncnc(N(C(=O)OC(C)(C)C)C(=O)OC(C)(C)C)c1OCCN(C(=O)OC(C)(C)C)C(=O)OC(C)(C)C. The summed E-state index contributed by atoms with van der Waals surface area (Å²) >= 11 is 0. The summed E-state index contributed by atoms with van der Waals surface area (Å²) in [6, 6.07) is 0. The van der Waals surface area contributed by atoms with Crippen molar-refractivity contribution in [2.75, 3.05) is 18.1 Å². The van der Waals surface area contributed by atoms with E-state index >= 15 is 0 Å². The van der Waals surface area contributed by atoms with Crippen LogP contribution in [0.25, 0.3) is 0 Å². The van der Waals surface area contributed by atoms with Crippen molar-refractivity contribution in [1.82, 2.24) is 14.9 Å². The van der Waals surface area contributed by atoms with E-state index in [-0.39, 0.29) is 30.4 Å². The standard InChI is InChI=1S/C27H44N4O9/c1-17-18(36-15-14-30(20(32)37-24(2,3)4)21(33)38-25(5,6)7)19(29-16-28-17)31(22(34)39-26(8,9)10)23(35)40-27(11,12)13/h16H,14-15H2,1-13H3. The Balaban J connectivity index is 3.39. The molecule has 40 heavy (non-hydrogen) atoms. The molecule has 1 aromatic rings. The molecule has 0 aromatic carbocycles. The van der Waals surface area contributed by atoms with E-state index in [0.29, 0.717) is 4.90 Å². The number of aromatic nitrogens is 2. The number of hydrogen-bond donors (Lipinski definition) is 0. The third kappa shape index (κ3) is 12.0. The molecule has 1 rings (SSSR count). The van der Waals surface area contributed by atoms with E-state index in [1.165, 1.54) is 0 Å². The Bertz CT molecular complexity index is 1020. The highest BCUT2D eigenvalue weighted by Gasteiger charge is 2.37. The zero-order valence-corrected chi connectivity index (χ0v) is 26.0. The quantitative estimate of drug-likeness (QED) is 0.384. The van der Waals surface area contributed by atoms with Gasteiger partial charge < -0.3 is 23.7 Å². The summed E-state index contributed by atoms with van der Waals surface area (Å²) in [6.45, 7) is 20.8. The second-order valence-corrected chi connectivity index (χ2v) is 12.9. The Morgan fingerprint density at radius 2 is 1.02 bits per heavy atom. The van der Waals surface area contributed by atoms with Crippen molar-refractivity contribution in [1.29, 1.82) is 0 Å². The molecular formula is C27H44N4O9. The molecule has 0 aliphatic carbocycles. The maximum Gasteiger partial charge on any atom is 0.425 e. The van der Waals surface area contributed by atoms with Crippen molar-refractivity contribution in [3.05, 3.63) is 12.0 Å². The molecule has 0 atom stereocenters. The predicted octanol–water partition coefficient (Wildman–Crippen LogP) is 6.01. The van der Waals surface area contributed by atoms with Gasteiger partial charge in [-0.2, -0.15) is 4.90 Å². The first-order chi connectivity index (χ1) is 17.9. The van der Waals surface area contributed by atoms with Gasteiger partial charge in [0.2, 0.25) is 0 Å². The summed E-state index contributed by atoms with van der Waals surface area (Å²) in [5.74, 6) is -0.301. The highest BCUT2D eigenvalue weighted by Crippen LogP contribution is 2.31. The van der Waals surface area contributed by atoms with Gasteiger partial charge in [0.1, 0.15) is 35.3 Å². The number of rotatable bonds is 5. The van der Waals surface area contributed by atoms with Gasteiger partial charge in [-0.15, -0.1) is 0 Å². The van der Waals surface area contributed by atoms with Gasteiger partial charge in [0.25, 0.3) is 0 Å². The van der Waals surface area contributed by atoms with E-state index in [2.05, 4.69) is 9.97 Å². The Morgan fingerprint density at radius 1 is 0.650 bits per heavy atom. The second-order valence-electron chi connectivity index (χ2n) is 12.9. The molecule has 226 valence electrons. The molecule has 13 nitrogen and oxygen atoms in total. The maximum atomic E-state index is 13.1. The molecular weight excluding hydrogens is 524 g/mol. The molecule has 1 aromatic heterocycles. The Hall–Kier alpha value is -3.64. The molecule has 0 aliphatic heterocycles. The zero-order valence-electron chi connectivity index (χ0n) is 26.0. The lowest BCUT2D eigenvalue weighted by Gasteiger charge is -2.29. The first-order valence-electron chi connectivity index (χ1n) is 12.8. The highest BCUT2D eigenvalue weighted by molar-refractivity contribution is 6.09. The van der Waals surface area contributed by atoms with Crippen LogP contribution in [0.15, 0.2) is 6.33 Å². The number of ether oxygens (including phenoxy) is 5. The summed E-state index contributed by atoms with van der Waals surface area (Å²) in [5.41, 5.74) is -3.38. The van der Waals surface area contributed by atoms with Gasteiger partial charge in [0.05, 0.1) is 12.2 Å². The first-order valence-corrected chi connectivity index (χ1v) is 12.8. The maximum absolute atomic E-state index is 13.1. The lowest BCUT2D eigenvalue weighted by molar-refractivity contribution is -0.000718. The van der Waals surface area contributed by atoms with Gasteiger partial charge in [0.15, 0.2) is 11.6 Å². The molecule has 0 N–H and O–H groups in total. The Labute approximate surface area is 236 Å². The number of hydrogen-bond acceptors (Lipinski definition) is 11. The number of aryl methyl sites for hydroxylation is 1. The Morgan fingerprint density at radius 3 is 1.40 bits per heavy atom. The van der Waals surface area contributed by atoms with E-state index in [9.17, 15) is 19.2 Å². The normalized spacial score (nSPS) is 12.2. The third-order valence-corrected chi connectivity index (χ3v) is 4.12. The molecule has 0 radical (unpaired) electrons. The van der Waals surface area contributed by atoms with Crippen molar-refractivity contribution >= 4 is 30.2 Å². The van der Waals surface area contributed by atoms with Crippen LogP contribution in [0.2, 0.25) is 0 Å². The lowest BCUT2D eigenvalue weighted by Crippen LogP contribution is -2.45. The molecule has 0 aliphatic rings. The summed E-state index contributed by atoms with van der Waals surface area (Å²) in [4.78, 5) is 61.4. The van der Waals surface area contributed by atoms with Crippen molar-refractivity contribution in [2.45, 2.75) is 112 Å². The van der Waals surface area contributed by atoms with Gasteiger partial charge in [-0.3, -0.25) is 0 Å². The Kier molecular flexibility index (Phi) is 10.9. The summed E-state index contributed by atoms with van der Waals surface area (Å²) in [5, 5.41) is 0. The number of nitrogens with zero attached hydrogens (tertiary/aromatic N) is 4. The molecule has 1 heterocycles. The summed E-state index contributed by atoms with van der Waals surface area (Å²) in [6.07, 6.45) is -2.82. The van der Waals surface area contributed by atoms with Gasteiger partial charge in [0, 0.05) is 0 Å². The summed E-state index contributed by atoms with van der Waals surface area (Å²) in [7, 11) is 0. The van der Waals surface area contributed by atoms with Gasteiger partial charge in [-0.05, 0) is 90.0 Å². The van der Waals surface area contributed by atoms with Crippen LogP contribution < -0.4 is 9.64 Å². The van der Waals surface area contributed by atoms with Crippen LogP contribution in [0.4, 0.5) is 25.0 Å². The smallest absolute Gasteiger partial charge is 0.425 e. The molecule has 13 heteroatoms. The van der Waals surface area contributed by atoms with Crippen molar-refractivity contribution in [2.24, 2.45) is 0 Å². The van der Waals surface area contributed by atoms with Crippen molar-refractivity contribution in [3.63, 3.8) is 0 Å². The van der Waals surface area contributed by atoms with E-state index in [4.69, 9.17) is 23.7 Å². The average molecular weight is 569 g/mol. The topological polar surface area (TPSA) is 147 Å². The van der Waals surface area contributed by atoms with Crippen LogP contribution >= 0.6 is 0 Å². The van der Waals surface area contributed by atoms with Crippen LogP contribution in [0, 0.1) is 6.92 Å². The van der Waals surface area contributed by atoms with Crippen LogP contribution in [-0.4, -0.2) is 74.8 Å².